The van der Waals surface area contributed by atoms with E-state index in [1.54, 1.807) is 16.1 Å². The predicted molar refractivity (Wildman–Crippen MR) is 165 cm³/mol. The van der Waals surface area contributed by atoms with Crippen LogP contribution in [0.4, 0.5) is 0 Å². The van der Waals surface area contributed by atoms with Crippen molar-refractivity contribution in [3.05, 3.63) is 85.2 Å². The number of carbonyl (C=O) groups is 4. The second-order valence-corrected chi connectivity index (χ2v) is 12.8. The monoisotopic (exact) mass is 637 g/mol. The number of amides is 4. The van der Waals surface area contributed by atoms with Crippen molar-refractivity contribution in [2.24, 2.45) is 5.92 Å². The Morgan fingerprint density at radius 3 is 2.42 bits per heavy atom. The molecule has 0 saturated heterocycles. The highest BCUT2D eigenvalue weighted by molar-refractivity contribution is 7.10. The molecule has 3 N–H and O–H groups in total. The normalized spacial score (nSPS) is 18.7. The summed E-state index contributed by atoms with van der Waals surface area (Å²) < 4.78 is 4.02. The van der Waals surface area contributed by atoms with E-state index in [1.165, 1.54) is 33.8 Å². The van der Waals surface area contributed by atoms with Crippen molar-refractivity contribution in [2.45, 2.75) is 38.8 Å². The SMILES string of the molecule is CC(C)[C@@H]1NC(=O)c2csc(n2)[C@H](Cc2ccccc2)NC(=O)CN(C(=O)c2cnsc2)CCCNC(=O)c2csc1n2. The average molecular weight is 638 g/mol. The van der Waals surface area contributed by atoms with Crippen molar-refractivity contribution in [3.63, 3.8) is 0 Å². The lowest BCUT2D eigenvalue weighted by atomic mass is 10.0. The van der Waals surface area contributed by atoms with Crippen molar-refractivity contribution in [1.29, 1.82) is 0 Å². The summed E-state index contributed by atoms with van der Waals surface area (Å²) in [6.45, 7) is 4.26. The predicted octanol–water partition coefficient (Wildman–Crippen LogP) is 3.86. The molecular weight excluding hydrogens is 607 g/mol. The quantitative estimate of drug-likeness (QED) is 0.308. The molecule has 4 amide bonds. The zero-order valence-corrected chi connectivity index (χ0v) is 26.1. The smallest absolute Gasteiger partial charge is 0.271 e. The number of nitrogens with one attached hydrogen (secondary N) is 3. The maximum Gasteiger partial charge on any atom is 0.271 e. The van der Waals surface area contributed by atoms with Gasteiger partial charge in [-0.15, -0.1) is 22.7 Å². The molecule has 4 aromatic rings. The van der Waals surface area contributed by atoms with Crippen LogP contribution < -0.4 is 16.0 Å². The Kier molecular flexibility index (Phi) is 9.89. The molecule has 5 rings (SSSR count). The average Bonchev–Trinajstić information content (AvgIpc) is 3.79. The van der Waals surface area contributed by atoms with E-state index in [1.807, 2.05) is 44.2 Å². The number of fused-ring (bicyclic) bond motifs is 4. The molecule has 11 nitrogen and oxygen atoms in total. The molecule has 0 saturated carbocycles. The van der Waals surface area contributed by atoms with Crippen LogP contribution in [-0.4, -0.2) is 62.5 Å². The van der Waals surface area contributed by atoms with Crippen molar-refractivity contribution in [3.8, 4) is 0 Å². The van der Waals surface area contributed by atoms with Gasteiger partial charge < -0.3 is 20.9 Å². The third-order valence-electron chi connectivity index (χ3n) is 6.84. The molecular formula is C29H31N7O4S3. The van der Waals surface area contributed by atoms with Crippen molar-refractivity contribution in [1.82, 2.24) is 35.2 Å². The van der Waals surface area contributed by atoms with Gasteiger partial charge in [-0.1, -0.05) is 44.2 Å². The van der Waals surface area contributed by atoms with Crippen LogP contribution in [0.25, 0.3) is 0 Å². The van der Waals surface area contributed by atoms with Gasteiger partial charge in [-0.05, 0) is 35.9 Å². The Morgan fingerprint density at radius 1 is 0.977 bits per heavy atom. The summed E-state index contributed by atoms with van der Waals surface area (Å²) in [7, 11) is 0. The molecule has 4 bridgehead atoms. The Bertz CT molecular complexity index is 1570. The molecule has 0 spiro atoms. The second kappa shape index (κ2) is 14.0. The van der Waals surface area contributed by atoms with Crippen LogP contribution in [-0.2, 0) is 11.2 Å². The van der Waals surface area contributed by atoms with E-state index in [9.17, 15) is 19.2 Å². The van der Waals surface area contributed by atoms with E-state index >= 15 is 0 Å². The van der Waals surface area contributed by atoms with E-state index in [0.29, 0.717) is 28.4 Å². The van der Waals surface area contributed by atoms with Gasteiger partial charge in [0.05, 0.1) is 30.4 Å². The van der Waals surface area contributed by atoms with Crippen molar-refractivity contribution >= 4 is 57.8 Å². The fourth-order valence-electron chi connectivity index (χ4n) is 4.59. The first-order valence-corrected chi connectivity index (χ1v) is 16.4. The molecule has 14 heteroatoms. The first kappa shape index (κ1) is 30.4. The zero-order chi connectivity index (χ0) is 30.3. The van der Waals surface area contributed by atoms with Gasteiger partial charge in [0.2, 0.25) is 5.91 Å². The highest BCUT2D eigenvalue weighted by Gasteiger charge is 2.27. The second-order valence-electron chi connectivity index (χ2n) is 10.4. The standard InChI is InChI=1S/C29H31N7O4S3/c1-17(2)24-28-34-21(15-42-28)25(38)30-9-6-10-36(29(40)19-12-31-43-14-19)13-23(37)32-20(11-18-7-4-3-5-8-18)27-33-22(16-41-27)26(39)35-24/h3-5,7-8,12,14-17,20,24H,6,9-11,13H2,1-2H3,(H,30,38)(H,32,37)(H,35,39)/t20-,24-/m0/s1. The Balaban J connectivity index is 1.46. The fourth-order valence-corrected chi connectivity index (χ4v) is 6.97. The number of hydrogen-bond donors (Lipinski definition) is 3. The molecule has 1 aromatic carbocycles. The summed E-state index contributed by atoms with van der Waals surface area (Å²) in [6, 6.07) is 8.75. The molecule has 4 heterocycles. The summed E-state index contributed by atoms with van der Waals surface area (Å²) in [5.74, 6) is -1.40. The molecule has 0 fully saturated rings. The van der Waals surface area contributed by atoms with Gasteiger partial charge in [-0.3, -0.25) is 19.2 Å². The van der Waals surface area contributed by atoms with Gasteiger partial charge >= 0.3 is 0 Å². The summed E-state index contributed by atoms with van der Waals surface area (Å²) >= 11 is 3.76. The third kappa shape index (κ3) is 7.69. The van der Waals surface area contributed by atoms with Crippen LogP contribution in [0.15, 0.2) is 52.7 Å². The minimum atomic E-state index is -0.523. The minimum absolute atomic E-state index is 0.00490. The summed E-state index contributed by atoms with van der Waals surface area (Å²) in [6.07, 6.45) is 2.35. The van der Waals surface area contributed by atoms with Crippen LogP contribution >= 0.6 is 34.2 Å². The molecule has 0 unspecified atom stereocenters. The van der Waals surface area contributed by atoms with Crippen molar-refractivity contribution in [2.75, 3.05) is 19.6 Å². The maximum absolute atomic E-state index is 13.4. The lowest BCUT2D eigenvalue weighted by molar-refractivity contribution is -0.122. The van der Waals surface area contributed by atoms with Gasteiger partial charge in [0.15, 0.2) is 0 Å². The molecule has 0 aliphatic carbocycles. The van der Waals surface area contributed by atoms with Gasteiger partial charge in [0, 0.05) is 29.2 Å². The van der Waals surface area contributed by atoms with E-state index in [4.69, 9.17) is 0 Å². The van der Waals surface area contributed by atoms with E-state index < -0.39 is 12.1 Å². The zero-order valence-electron chi connectivity index (χ0n) is 23.6. The first-order chi connectivity index (χ1) is 20.8. The number of carbonyl (C=O) groups excluding carboxylic acids is 4. The Labute approximate surface area is 260 Å². The number of hydrogen-bond acceptors (Lipinski definition) is 10. The molecule has 0 radical (unpaired) electrons. The number of benzene rings is 1. The largest absolute Gasteiger partial charge is 0.351 e. The topological polar surface area (TPSA) is 146 Å². The van der Waals surface area contributed by atoms with Crippen LogP contribution in [0.3, 0.4) is 0 Å². The summed E-state index contributed by atoms with van der Waals surface area (Å²) in [4.78, 5) is 63.5. The number of nitrogens with zero attached hydrogens (tertiary/aromatic N) is 4. The minimum Gasteiger partial charge on any atom is -0.351 e. The van der Waals surface area contributed by atoms with E-state index in [2.05, 4.69) is 30.3 Å². The van der Waals surface area contributed by atoms with Gasteiger partial charge in [-0.2, -0.15) is 0 Å². The Morgan fingerprint density at radius 2 is 1.70 bits per heavy atom. The van der Waals surface area contributed by atoms with Crippen LogP contribution in [0.2, 0.25) is 0 Å². The van der Waals surface area contributed by atoms with E-state index in [-0.39, 0.29) is 60.6 Å². The fraction of sp³-hybridized carbons (Fsp3) is 0.345. The summed E-state index contributed by atoms with van der Waals surface area (Å²) in [5.41, 5.74) is 1.87. The van der Waals surface area contributed by atoms with E-state index in [0.717, 1.165) is 17.1 Å². The number of aromatic nitrogens is 3. The van der Waals surface area contributed by atoms with Crippen LogP contribution in [0.1, 0.15) is 79.3 Å². The van der Waals surface area contributed by atoms with Gasteiger partial charge in [-0.25, -0.2) is 14.3 Å². The molecule has 3 aromatic heterocycles. The highest BCUT2D eigenvalue weighted by atomic mass is 32.1. The first-order valence-electron chi connectivity index (χ1n) is 13.8. The van der Waals surface area contributed by atoms with Gasteiger partial charge in [0.1, 0.15) is 21.4 Å². The molecule has 1 aliphatic heterocycles. The molecule has 1 aliphatic rings. The molecule has 2 atom stereocenters. The third-order valence-corrected chi connectivity index (χ3v) is 9.31. The van der Waals surface area contributed by atoms with Gasteiger partial charge in [0.25, 0.3) is 17.7 Å². The maximum atomic E-state index is 13.4. The lowest BCUT2D eigenvalue weighted by Crippen LogP contribution is -2.43. The summed E-state index contributed by atoms with van der Waals surface area (Å²) in [5, 5.41) is 15.1. The molecule has 43 heavy (non-hydrogen) atoms. The van der Waals surface area contributed by atoms with Crippen molar-refractivity contribution < 1.29 is 19.2 Å². The number of rotatable bonds is 4. The van der Waals surface area contributed by atoms with Crippen LogP contribution in [0, 0.1) is 5.92 Å². The number of thiazole rings is 2. The highest BCUT2D eigenvalue weighted by Crippen LogP contribution is 2.27. The molecule has 224 valence electrons. The Hall–Kier alpha value is -4.01. The lowest BCUT2D eigenvalue weighted by Gasteiger charge is -2.24. The van der Waals surface area contributed by atoms with Crippen LogP contribution in [0.5, 0.6) is 0 Å².